The zero-order valence-corrected chi connectivity index (χ0v) is 13.9. The van der Waals surface area contributed by atoms with Gasteiger partial charge in [0.25, 0.3) is 5.91 Å². The van der Waals surface area contributed by atoms with Gasteiger partial charge in [0.1, 0.15) is 5.75 Å². The Morgan fingerprint density at radius 1 is 1.41 bits per heavy atom. The number of amides is 1. The molecule has 0 radical (unpaired) electrons. The first kappa shape index (κ1) is 17.1. The van der Waals surface area contributed by atoms with Crippen LogP contribution in [-0.2, 0) is 9.53 Å². The maximum atomic E-state index is 11.9. The third kappa shape index (κ3) is 5.18. The highest BCUT2D eigenvalue weighted by molar-refractivity contribution is 6.30. The van der Waals surface area contributed by atoms with Crippen molar-refractivity contribution in [3.63, 3.8) is 0 Å². The minimum absolute atomic E-state index is 0.0154. The zero-order chi connectivity index (χ0) is 15.9. The van der Waals surface area contributed by atoms with E-state index in [0.717, 1.165) is 19.4 Å². The lowest BCUT2D eigenvalue weighted by Gasteiger charge is -2.34. The van der Waals surface area contributed by atoms with Crippen molar-refractivity contribution in [1.29, 1.82) is 0 Å². The van der Waals surface area contributed by atoms with Gasteiger partial charge < -0.3 is 14.8 Å². The second-order valence-corrected chi connectivity index (χ2v) is 6.46. The summed E-state index contributed by atoms with van der Waals surface area (Å²) >= 11 is 5.80. The predicted molar refractivity (Wildman–Crippen MR) is 87.3 cm³/mol. The Balaban J connectivity index is 1.73. The van der Waals surface area contributed by atoms with E-state index in [1.165, 1.54) is 0 Å². The SMILES string of the molecule is CC(C)C1OCCCC1CNC(=O)COc1ccc(Cl)cc1. The Morgan fingerprint density at radius 2 is 2.14 bits per heavy atom. The number of hydrogen-bond donors (Lipinski definition) is 1. The number of hydrogen-bond acceptors (Lipinski definition) is 3. The van der Waals surface area contributed by atoms with Gasteiger partial charge in [-0.1, -0.05) is 25.4 Å². The van der Waals surface area contributed by atoms with Gasteiger partial charge in [-0.25, -0.2) is 0 Å². The highest BCUT2D eigenvalue weighted by Gasteiger charge is 2.28. The van der Waals surface area contributed by atoms with Gasteiger partial charge in [-0.2, -0.15) is 0 Å². The van der Waals surface area contributed by atoms with Gasteiger partial charge >= 0.3 is 0 Å². The van der Waals surface area contributed by atoms with E-state index in [9.17, 15) is 4.79 Å². The quantitative estimate of drug-likeness (QED) is 0.873. The van der Waals surface area contributed by atoms with Gasteiger partial charge in [0, 0.05) is 24.1 Å². The van der Waals surface area contributed by atoms with Crippen LogP contribution in [0.5, 0.6) is 5.75 Å². The number of rotatable bonds is 6. The summed E-state index contributed by atoms with van der Waals surface area (Å²) in [6.45, 7) is 5.81. The third-order valence-electron chi connectivity index (χ3n) is 3.90. The maximum Gasteiger partial charge on any atom is 0.257 e. The minimum Gasteiger partial charge on any atom is -0.484 e. The molecular weight excluding hydrogens is 302 g/mol. The van der Waals surface area contributed by atoms with Gasteiger partial charge in [0.05, 0.1) is 6.10 Å². The molecule has 0 aromatic heterocycles. The average molecular weight is 326 g/mol. The molecule has 1 N–H and O–H groups in total. The summed E-state index contributed by atoms with van der Waals surface area (Å²) in [7, 11) is 0. The molecule has 0 spiro atoms. The molecule has 1 aliphatic rings. The second-order valence-electron chi connectivity index (χ2n) is 6.03. The van der Waals surface area contributed by atoms with Crippen LogP contribution in [0.15, 0.2) is 24.3 Å². The average Bonchev–Trinajstić information content (AvgIpc) is 2.52. The first-order valence-electron chi connectivity index (χ1n) is 7.83. The molecule has 1 aliphatic heterocycles. The van der Waals surface area contributed by atoms with Gasteiger partial charge in [-0.05, 0) is 43.0 Å². The molecule has 1 fully saturated rings. The van der Waals surface area contributed by atoms with Gasteiger partial charge in [-0.3, -0.25) is 4.79 Å². The molecule has 1 saturated heterocycles. The molecule has 5 heteroatoms. The summed E-state index contributed by atoms with van der Waals surface area (Å²) in [6, 6.07) is 6.97. The Hall–Kier alpha value is -1.26. The predicted octanol–water partition coefficient (Wildman–Crippen LogP) is 3.29. The monoisotopic (exact) mass is 325 g/mol. The summed E-state index contributed by atoms with van der Waals surface area (Å²) in [6.07, 6.45) is 2.39. The van der Waals surface area contributed by atoms with Crippen molar-refractivity contribution in [3.05, 3.63) is 29.3 Å². The van der Waals surface area contributed by atoms with Crippen molar-refractivity contribution in [2.24, 2.45) is 11.8 Å². The normalized spacial score (nSPS) is 21.6. The van der Waals surface area contributed by atoms with E-state index in [1.54, 1.807) is 24.3 Å². The van der Waals surface area contributed by atoms with Crippen LogP contribution < -0.4 is 10.1 Å². The fourth-order valence-electron chi connectivity index (χ4n) is 2.80. The van der Waals surface area contributed by atoms with Crippen molar-refractivity contribution in [1.82, 2.24) is 5.32 Å². The lowest BCUT2D eigenvalue weighted by molar-refractivity contribution is -0.124. The largest absolute Gasteiger partial charge is 0.484 e. The molecule has 1 amide bonds. The van der Waals surface area contributed by atoms with Crippen molar-refractivity contribution < 1.29 is 14.3 Å². The molecule has 2 rings (SSSR count). The molecule has 2 atom stereocenters. The molecule has 0 aliphatic carbocycles. The Kier molecular flexibility index (Phi) is 6.52. The van der Waals surface area contributed by atoms with E-state index < -0.39 is 0 Å². The van der Waals surface area contributed by atoms with Crippen LogP contribution >= 0.6 is 11.6 Å². The minimum atomic E-state index is -0.108. The molecule has 1 heterocycles. The van der Waals surface area contributed by atoms with Crippen molar-refractivity contribution in [2.75, 3.05) is 19.8 Å². The number of carbonyl (C=O) groups is 1. The highest BCUT2D eigenvalue weighted by atomic mass is 35.5. The molecule has 2 unspecified atom stereocenters. The molecular formula is C17H24ClNO3. The van der Waals surface area contributed by atoms with Crippen LogP contribution in [0.2, 0.25) is 5.02 Å². The fourth-order valence-corrected chi connectivity index (χ4v) is 2.92. The van der Waals surface area contributed by atoms with Crippen molar-refractivity contribution in [2.45, 2.75) is 32.8 Å². The summed E-state index contributed by atoms with van der Waals surface area (Å²) in [5.74, 6) is 1.38. The maximum absolute atomic E-state index is 11.9. The van der Waals surface area contributed by atoms with E-state index in [0.29, 0.717) is 29.2 Å². The van der Waals surface area contributed by atoms with Crippen LogP contribution in [0.1, 0.15) is 26.7 Å². The molecule has 122 valence electrons. The standard InChI is InChI=1S/C17H24ClNO3/c1-12(2)17-13(4-3-9-21-17)10-19-16(20)11-22-15-7-5-14(18)6-8-15/h5-8,12-13,17H,3-4,9-11H2,1-2H3,(H,19,20). The number of ether oxygens (including phenoxy) is 2. The molecule has 4 nitrogen and oxygen atoms in total. The summed E-state index contributed by atoms with van der Waals surface area (Å²) in [4.78, 5) is 11.9. The van der Waals surface area contributed by atoms with Crippen LogP contribution in [0, 0.1) is 11.8 Å². The second kappa shape index (κ2) is 8.39. The first-order chi connectivity index (χ1) is 10.6. The zero-order valence-electron chi connectivity index (χ0n) is 13.2. The lowest BCUT2D eigenvalue weighted by atomic mass is 9.87. The Bertz CT molecular complexity index is 475. The highest BCUT2D eigenvalue weighted by Crippen LogP contribution is 2.25. The smallest absolute Gasteiger partial charge is 0.257 e. The van der Waals surface area contributed by atoms with Gasteiger partial charge in [-0.15, -0.1) is 0 Å². The fraction of sp³-hybridized carbons (Fsp3) is 0.588. The Labute approximate surface area is 137 Å². The Morgan fingerprint density at radius 3 is 2.82 bits per heavy atom. The topological polar surface area (TPSA) is 47.6 Å². The molecule has 1 aromatic carbocycles. The van der Waals surface area contributed by atoms with Crippen LogP contribution in [0.3, 0.4) is 0 Å². The van der Waals surface area contributed by atoms with Gasteiger partial charge in [0.15, 0.2) is 6.61 Å². The summed E-state index contributed by atoms with van der Waals surface area (Å²) < 4.78 is 11.3. The first-order valence-corrected chi connectivity index (χ1v) is 8.20. The van der Waals surface area contributed by atoms with Gasteiger partial charge in [0.2, 0.25) is 0 Å². The molecule has 1 aromatic rings. The summed E-state index contributed by atoms with van der Waals surface area (Å²) in [5.41, 5.74) is 0. The van der Waals surface area contributed by atoms with Crippen LogP contribution in [0.4, 0.5) is 0 Å². The molecule has 0 saturated carbocycles. The van der Waals surface area contributed by atoms with Crippen LogP contribution in [0.25, 0.3) is 0 Å². The van der Waals surface area contributed by atoms with E-state index in [1.807, 2.05) is 0 Å². The lowest BCUT2D eigenvalue weighted by Crippen LogP contribution is -2.42. The van der Waals surface area contributed by atoms with E-state index in [2.05, 4.69) is 19.2 Å². The number of nitrogens with one attached hydrogen (secondary N) is 1. The van der Waals surface area contributed by atoms with E-state index >= 15 is 0 Å². The number of halogens is 1. The molecule has 22 heavy (non-hydrogen) atoms. The molecule has 0 bridgehead atoms. The van der Waals surface area contributed by atoms with Crippen molar-refractivity contribution >= 4 is 17.5 Å². The third-order valence-corrected chi connectivity index (χ3v) is 4.15. The number of carbonyl (C=O) groups excluding carboxylic acids is 1. The van der Waals surface area contributed by atoms with Crippen molar-refractivity contribution in [3.8, 4) is 5.75 Å². The van der Waals surface area contributed by atoms with E-state index in [-0.39, 0.29) is 18.6 Å². The summed E-state index contributed by atoms with van der Waals surface area (Å²) in [5, 5.41) is 3.60. The van der Waals surface area contributed by atoms with E-state index in [4.69, 9.17) is 21.1 Å². The van der Waals surface area contributed by atoms with Crippen LogP contribution in [-0.4, -0.2) is 31.8 Å². The number of benzene rings is 1.